The van der Waals surface area contributed by atoms with Crippen LogP contribution in [0.25, 0.3) is 0 Å². The molecule has 7 heteroatoms. The maximum absolute atomic E-state index is 12.5. The maximum atomic E-state index is 12.5. The van der Waals surface area contributed by atoms with E-state index in [0.717, 1.165) is 16.4 Å². The second-order valence-electron chi connectivity index (χ2n) is 5.89. The molecule has 1 aromatic carbocycles. The monoisotopic (exact) mass is 368 g/mol. The van der Waals surface area contributed by atoms with Gasteiger partial charge in [0, 0.05) is 31.7 Å². The van der Waals surface area contributed by atoms with Crippen molar-refractivity contribution in [3.05, 3.63) is 64.4 Å². The lowest BCUT2D eigenvalue weighted by Crippen LogP contribution is -2.12. The number of nitrogens with zero attached hydrogens (tertiary/aromatic N) is 3. The Hall–Kier alpha value is -2.93. The van der Waals surface area contributed by atoms with Gasteiger partial charge in [0.25, 0.3) is 5.91 Å². The van der Waals surface area contributed by atoms with Crippen molar-refractivity contribution in [3.63, 3.8) is 0 Å². The van der Waals surface area contributed by atoms with Crippen molar-refractivity contribution in [1.29, 1.82) is 0 Å². The first-order valence-corrected chi connectivity index (χ1v) is 8.92. The van der Waals surface area contributed by atoms with Crippen LogP contribution in [-0.2, 0) is 6.61 Å². The van der Waals surface area contributed by atoms with Crippen LogP contribution in [0.3, 0.4) is 0 Å². The summed E-state index contributed by atoms with van der Waals surface area (Å²) in [5.41, 5.74) is 2.52. The van der Waals surface area contributed by atoms with Crippen LogP contribution in [0.15, 0.2) is 48.8 Å². The molecule has 0 radical (unpaired) electrons. The van der Waals surface area contributed by atoms with E-state index in [2.05, 4.69) is 15.3 Å². The molecule has 0 fully saturated rings. The van der Waals surface area contributed by atoms with Crippen LogP contribution in [0.4, 0.5) is 11.4 Å². The molecular weight excluding hydrogens is 348 g/mol. The zero-order valence-electron chi connectivity index (χ0n) is 14.9. The number of carbonyl (C=O) groups is 1. The maximum Gasteiger partial charge on any atom is 0.267 e. The quantitative estimate of drug-likeness (QED) is 0.718. The molecule has 0 bridgehead atoms. The summed E-state index contributed by atoms with van der Waals surface area (Å²) in [7, 11) is 3.95. The lowest BCUT2D eigenvalue weighted by atomic mass is 10.2. The number of aromatic nitrogens is 2. The number of rotatable bonds is 6. The van der Waals surface area contributed by atoms with Gasteiger partial charge in [-0.15, -0.1) is 11.3 Å². The summed E-state index contributed by atoms with van der Waals surface area (Å²) in [6, 6.07) is 11.3. The molecule has 0 atom stereocenters. The van der Waals surface area contributed by atoms with E-state index in [1.165, 1.54) is 11.3 Å². The standard InChI is InChI=1S/C19H20N4O2S/c1-13-18(19(24)22-14-6-8-15(9-7-14)23(2)3)26-17(21-13)12-25-16-5-4-10-20-11-16/h4-11H,12H2,1-3H3,(H,22,24). The molecule has 0 saturated heterocycles. The van der Waals surface area contributed by atoms with E-state index in [0.29, 0.717) is 22.9 Å². The Morgan fingerprint density at radius 3 is 2.65 bits per heavy atom. The Kier molecular flexibility index (Phi) is 5.48. The molecule has 0 spiro atoms. The van der Waals surface area contributed by atoms with Crippen molar-refractivity contribution >= 4 is 28.6 Å². The Balaban J connectivity index is 1.65. The van der Waals surface area contributed by atoms with Crippen molar-refractivity contribution in [1.82, 2.24) is 9.97 Å². The summed E-state index contributed by atoms with van der Waals surface area (Å²) < 4.78 is 5.64. The van der Waals surface area contributed by atoms with Gasteiger partial charge >= 0.3 is 0 Å². The van der Waals surface area contributed by atoms with Crippen LogP contribution in [0, 0.1) is 6.92 Å². The predicted octanol–water partition coefficient (Wildman–Crippen LogP) is 3.74. The number of pyridine rings is 1. The molecule has 0 aliphatic carbocycles. The van der Waals surface area contributed by atoms with E-state index in [4.69, 9.17) is 4.74 Å². The minimum atomic E-state index is -0.162. The molecule has 2 heterocycles. The molecular formula is C19H20N4O2S. The fourth-order valence-corrected chi connectivity index (χ4v) is 3.21. The van der Waals surface area contributed by atoms with Crippen LogP contribution in [-0.4, -0.2) is 30.0 Å². The minimum absolute atomic E-state index is 0.162. The number of thiazole rings is 1. The minimum Gasteiger partial charge on any atom is -0.485 e. The van der Waals surface area contributed by atoms with Crippen molar-refractivity contribution in [2.75, 3.05) is 24.3 Å². The van der Waals surface area contributed by atoms with Crippen LogP contribution >= 0.6 is 11.3 Å². The number of hydrogen-bond acceptors (Lipinski definition) is 6. The van der Waals surface area contributed by atoms with Gasteiger partial charge in [0.2, 0.25) is 0 Å². The highest BCUT2D eigenvalue weighted by atomic mass is 32.1. The van der Waals surface area contributed by atoms with Crippen molar-refractivity contribution in [3.8, 4) is 5.75 Å². The van der Waals surface area contributed by atoms with Gasteiger partial charge in [-0.25, -0.2) is 4.98 Å². The van der Waals surface area contributed by atoms with Gasteiger partial charge < -0.3 is 15.0 Å². The first-order chi connectivity index (χ1) is 12.5. The molecule has 3 aromatic rings. The number of nitrogens with one attached hydrogen (secondary N) is 1. The second-order valence-corrected chi connectivity index (χ2v) is 6.98. The zero-order chi connectivity index (χ0) is 18.5. The molecule has 1 N–H and O–H groups in total. The first-order valence-electron chi connectivity index (χ1n) is 8.11. The lowest BCUT2D eigenvalue weighted by Gasteiger charge is -2.12. The van der Waals surface area contributed by atoms with Gasteiger partial charge in [-0.1, -0.05) is 0 Å². The highest BCUT2D eigenvalue weighted by Crippen LogP contribution is 2.22. The third kappa shape index (κ3) is 4.37. The molecule has 0 unspecified atom stereocenters. The molecule has 26 heavy (non-hydrogen) atoms. The lowest BCUT2D eigenvalue weighted by molar-refractivity contribution is 0.103. The summed E-state index contributed by atoms with van der Waals surface area (Å²) in [5, 5.41) is 3.66. The summed E-state index contributed by atoms with van der Waals surface area (Å²) in [6.45, 7) is 2.14. The molecule has 6 nitrogen and oxygen atoms in total. The molecule has 1 amide bonds. The van der Waals surface area contributed by atoms with E-state index in [9.17, 15) is 4.79 Å². The zero-order valence-corrected chi connectivity index (χ0v) is 15.7. The predicted molar refractivity (Wildman–Crippen MR) is 104 cm³/mol. The third-order valence-corrected chi connectivity index (χ3v) is 4.82. The molecule has 3 rings (SSSR count). The second kappa shape index (κ2) is 7.97. The number of ether oxygens (including phenoxy) is 1. The highest BCUT2D eigenvalue weighted by Gasteiger charge is 2.16. The van der Waals surface area contributed by atoms with Gasteiger partial charge in [-0.3, -0.25) is 9.78 Å². The van der Waals surface area contributed by atoms with E-state index in [1.54, 1.807) is 12.4 Å². The fourth-order valence-electron chi connectivity index (χ4n) is 2.33. The van der Waals surface area contributed by atoms with Gasteiger partial charge in [-0.05, 0) is 43.3 Å². The summed E-state index contributed by atoms with van der Waals surface area (Å²) in [4.78, 5) is 23.6. The Morgan fingerprint density at radius 1 is 1.23 bits per heavy atom. The van der Waals surface area contributed by atoms with Crippen LogP contribution in [0.1, 0.15) is 20.4 Å². The number of aryl methyl sites for hydroxylation is 1. The molecule has 134 valence electrons. The van der Waals surface area contributed by atoms with Crippen molar-refractivity contribution in [2.24, 2.45) is 0 Å². The number of amides is 1. The van der Waals surface area contributed by atoms with Crippen LogP contribution in [0.5, 0.6) is 5.75 Å². The molecule has 0 aliphatic rings. The summed E-state index contributed by atoms with van der Waals surface area (Å²) in [5.74, 6) is 0.512. The van der Waals surface area contributed by atoms with Gasteiger partial charge in [0.15, 0.2) is 0 Å². The third-order valence-electron chi connectivity index (χ3n) is 3.69. The first kappa shape index (κ1) is 17.9. The summed E-state index contributed by atoms with van der Waals surface area (Å²) in [6.07, 6.45) is 3.33. The van der Waals surface area contributed by atoms with Crippen molar-refractivity contribution in [2.45, 2.75) is 13.5 Å². The topological polar surface area (TPSA) is 67.3 Å². The van der Waals surface area contributed by atoms with Crippen LogP contribution in [0.2, 0.25) is 0 Å². The molecule has 0 saturated carbocycles. The normalized spacial score (nSPS) is 10.4. The average molecular weight is 368 g/mol. The molecule has 2 aromatic heterocycles. The van der Waals surface area contributed by atoms with Crippen molar-refractivity contribution < 1.29 is 9.53 Å². The summed E-state index contributed by atoms with van der Waals surface area (Å²) >= 11 is 1.34. The number of anilines is 2. The number of carbonyl (C=O) groups excluding carboxylic acids is 1. The van der Waals surface area contributed by atoms with Gasteiger partial charge in [0.1, 0.15) is 22.2 Å². The Morgan fingerprint density at radius 2 is 2.00 bits per heavy atom. The number of benzene rings is 1. The Labute approximate surface area is 156 Å². The van der Waals surface area contributed by atoms with E-state index in [1.807, 2.05) is 62.3 Å². The number of hydrogen-bond donors (Lipinski definition) is 1. The van der Waals surface area contributed by atoms with E-state index in [-0.39, 0.29) is 5.91 Å². The van der Waals surface area contributed by atoms with Gasteiger partial charge in [-0.2, -0.15) is 0 Å². The van der Waals surface area contributed by atoms with E-state index >= 15 is 0 Å². The Bertz CT molecular complexity index is 876. The average Bonchev–Trinajstić information content (AvgIpc) is 3.02. The van der Waals surface area contributed by atoms with Crippen LogP contribution < -0.4 is 15.0 Å². The molecule has 0 aliphatic heterocycles. The fraction of sp³-hybridized carbons (Fsp3) is 0.211. The smallest absolute Gasteiger partial charge is 0.267 e. The SMILES string of the molecule is Cc1nc(COc2cccnc2)sc1C(=O)Nc1ccc(N(C)C)cc1. The van der Waals surface area contributed by atoms with Gasteiger partial charge in [0.05, 0.1) is 11.9 Å². The largest absolute Gasteiger partial charge is 0.485 e. The van der Waals surface area contributed by atoms with E-state index < -0.39 is 0 Å². The highest BCUT2D eigenvalue weighted by molar-refractivity contribution is 7.13.